The minimum absolute atomic E-state index is 0.376. The van der Waals surface area contributed by atoms with Gasteiger partial charge in [0, 0.05) is 14.1 Å². The minimum Gasteiger partial charge on any atom is -0.369 e. The Morgan fingerprint density at radius 3 is 2.82 bits per heavy atom. The van der Waals surface area contributed by atoms with Crippen LogP contribution in [0.4, 0.5) is 5.95 Å². The predicted octanol–water partition coefficient (Wildman–Crippen LogP) is 0.0930. The van der Waals surface area contributed by atoms with Gasteiger partial charge in [0.15, 0.2) is 0 Å². The quantitative estimate of drug-likeness (QED) is 0.444. The highest BCUT2D eigenvalue weighted by Crippen LogP contribution is 1.95. The van der Waals surface area contributed by atoms with Crippen molar-refractivity contribution in [2.45, 2.75) is 0 Å². The molecule has 0 aliphatic carbocycles. The second-order valence-corrected chi connectivity index (χ2v) is 2.15. The summed E-state index contributed by atoms with van der Waals surface area (Å²) >= 11 is 0. The molecule has 0 radical (unpaired) electrons. The van der Waals surface area contributed by atoms with Crippen molar-refractivity contribution in [2.24, 2.45) is 4.99 Å². The number of nitrogens with zero attached hydrogens (tertiary/aromatic N) is 5. The normalized spacial score (nSPS) is 10.4. The van der Waals surface area contributed by atoms with Crippen molar-refractivity contribution < 1.29 is 0 Å². The molecule has 11 heavy (non-hydrogen) atoms. The molecule has 0 N–H and O–H groups in total. The molecule has 0 saturated heterocycles. The van der Waals surface area contributed by atoms with Gasteiger partial charge >= 0.3 is 0 Å². The first-order valence-corrected chi connectivity index (χ1v) is 3.13. The van der Waals surface area contributed by atoms with Crippen molar-refractivity contribution in [3.63, 3.8) is 0 Å². The lowest BCUT2D eigenvalue weighted by atomic mass is 10.8. The second kappa shape index (κ2) is 3.60. The van der Waals surface area contributed by atoms with Crippen molar-refractivity contribution >= 4 is 12.3 Å². The number of aromatic nitrogens is 3. The largest absolute Gasteiger partial charge is 0.369 e. The van der Waals surface area contributed by atoms with Crippen LogP contribution in [0.25, 0.3) is 0 Å². The molecule has 58 valence electrons. The summed E-state index contributed by atoms with van der Waals surface area (Å²) in [6.07, 6.45) is 4.68. The standard InChI is InChI=1S/C6H9N5/c1-11(2)5-8-6-7-3-4-9-10-6/h3-5H,1-2H3/b8-5+. The van der Waals surface area contributed by atoms with Gasteiger partial charge in [0.25, 0.3) is 5.95 Å². The van der Waals surface area contributed by atoms with Crippen LogP contribution in [-0.4, -0.2) is 40.5 Å². The summed E-state index contributed by atoms with van der Waals surface area (Å²) in [4.78, 5) is 9.58. The molecule has 1 aromatic rings. The predicted molar refractivity (Wildman–Crippen MR) is 41.7 cm³/mol. The Morgan fingerprint density at radius 1 is 1.45 bits per heavy atom. The Labute approximate surface area is 64.8 Å². The third-order valence-corrected chi connectivity index (χ3v) is 0.875. The van der Waals surface area contributed by atoms with E-state index < -0.39 is 0 Å². The second-order valence-electron chi connectivity index (χ2n) is 2.15. The van der Waals surface area contributed by atoms with E-state index in [2.05, 4.69) is 20.2 Å². The Bertz CT molecular complexity index is 230. The highest BCUT2D eigenvalue weighted by molar-refractivity contribution is 5.57. The SMILES string of the molecule is CN(C)/C=N/c1nccnn1. The molecular weight excluding hydrogens is 142 g/mol. The lowest BCUT2D eigenvalue weighted by molar-refractivity contribution is 0.642. The number of hydrogen-bond donors (Lipinski definition) is 0. The van der Waals surface area contributed by atoms with E-state index in [9.17, 15) is 0 Å². The van der Waals surface area contributed by atoms with E-state index in [-0.39, 0.29) is 0 Å². The fourth-order valence-corrected chi connectivity index (χ4v) is 0.467. The van der Waals surface area contributed by atoms with E-state index in [1.807, 2.05) is 14.1 Å². The summed E-state index contributed by atoms with van der Waals surface area (Å²) in [6, 6.07) is 0. The first kappa shape index (κ1) is 7.59. The Morgan fingerprint density at radius 2 is 2.27 bits per heavy atom. The van der Waals surface area contributed by atoms with Crippen LogP contribution in [0.15, 0.2) is 17.4 Å². The number of aliphatic imine (C=N–C) groups is 1. The molecule has 0 amide bonds. The zero-order valence-corrected chi connectivity index (χ0v) is 6.47. The number of hydrogen-bond acceptors (Lipinski definition) is 4. The van der Waals surface area contributed by atoms with Gasteiger partial charge in [-0.25, -0.2) is 9.98 Å². The average Bonchev–Trinajstić information content (AvgIpc) is 2.03. The van der Waals surface area contributed by atoms with Gasteiger partial charge < -0.3 is 4.90 Å². The molecule has 0 aromatic carbocycles. The highest BCUT2D eigenvalue weighted by Gasteiger charge is 1.86. The van der Waals surface area contributed by atoms with Crippen molar-refractivity contribution in [1.29, 1.82) is 0 Å². The van der Waals surface area contributed by atoms with Crippen molar-refractivity contribution in [2.75, 3.05) is 14.1 Å². The molecule has 1 aromatic heterocycles. The monoisotopic (exact) mass is 151 g/mol. The van der Waals surface area contributed by atoms with Crippen molar-refractivity contribution in [3.05, 3.63) is 12.4 Å². The minimum atomic E-state index is 0.376. The maximum Gasteiger partial charge on any atom is 0.270 e. The molecule has 0 aliphatic rings. The van der Waals surface area contributed by atoms with Gasteiger partial charge in [0.05, 0.1) is 18.7 Å². The first-order chi connectivity index (χ1) is 5.29. The molecule has 1 rings (SSSR count). The van der Waals surface area contributed by atoms with Gasteiger partial charge in [0.1, 0.15) is 0 Å². The van der Waals surface area contributed by atoms with Gasteiger partial charge in [-0.2, -0.15) is 5.10 Å². The maximum absolute atomic E-state index is 3.92. The van der Waals surface area contributed by atoms with Crippen LogP contribution < -0.4 is 0 Å². The fraction of sp³-hybridized carbons (Fsp3) is 0.333. The van der Waals surface area contributed by atoms with Gasteiger partial charge in [-0.15, -0.1) is 5.10 Å². The molecule has 0 aliphatic heterocycles. The molecule has 0 spiro atoms. The van der Waals surface area contributed by atoms with E-state index in [0.717, 1.165) is 0 Å². The summed E-state index contributed by atoms with van der Waals surface area (Å²) in [5, 5.41) is 7.28. The van der Waals surface area contributed by atoms with Gasteiger partial charge in [-0.05, 0) is 0 Å². The van der Waals surface area contributed by atoms with E-state index in [4.69, 9.17) is 0 Å². The lowest BCUT2D eigenvalue weighted by Gasteiger charge is -2.00. The summed E-state index contributed by atoms with van der Waals surface area (Å²) < 4.78 is 0. The van der Waals surface area contributed by atoms with Crippen LogP contribution in [0.5, 0.6) is 0 Å². The molecular formula is C6H9N5. The Balaban J connectivity index is 2.65. The Kier molecular flexibility index (Phi) is 2.48. The average molecular weight is 151 g/mol. The van der Waals surface area contributed by atoms with Crippen LogP contribution in [0.1, 0.15) is 0 Å². The summed E-state index contributed by atoms with van der Waals surface area (Å²) in [7, 11) is 3.75. The van der Waals surface area contributed by atoms with Crippen molar-refractivity contribution in [1.82, 2.24) is 20.1 Å². The van der Waals surface area contributed by atoms with Gasteiger partial charge in [-0.3, -0.25) is 0 Å². The van der Waals surface area contributed by atoms with Crippen LogP contribution in [0, 0.1) is 0 Å². The molecule has 0 saturated carbocycles. The van der Waals surface area contributed by atoms with Crippen LogP contribution >= 0.6 is 0 Å². The molecule has 5 nitrogen and oxygen atoms in total. The van der Waals surface area contributed by atoms with Crippen LogP contribution in [-0.2, 0) is 0 Å². The van der Waals surface area contributed by atoms with E-state index >= 15 is 0 Å². The first-order valence-electron chi connectivity index (χ1n) is 3.13. The third kappa shape index (κ3) is 2.70. The zero-order valence-electron chi connectivity index (χ0n) is 6.47. The molecule has 0 atom stereocenters. The van der Waals surface area contributed by atoms with Gasteiger partial charge in [0.2, 0.25) is 0 Å². The molecule has 5 heteroatoms. The fourth-order valence-electron chi connectivity index (χ4n) is 0.467. The van der Waals surface area contributed by atoms with E-state index in [0.29, 0.717) is 5.95 Å². The maximum atomic E-state index is 3.92. The zero-order chi connectivity index (χ0) is 8.10. The molecule has 0 unspecified atom stereocenters. The van der Waals surface area contributed by atoms with Crippen molar-refractivity contribution in [3.8, 4) is 0 Å². The summed E-state index contributed by atoms with van der Waals surface area (Å²) in [5.74, 6) is 0.376. The summed E-state index contributed by atoms with van der Waals surface area (Å²) in [6.45, 7) is 0. The Hall–Kier alpha value is -1.52. The van der Waals surface area contributed by atoms with Crippen LogP contribution in [0.2, 0.25) is 0 Å². The molecule has 0 bridgehead atoms. The lowest BCUT2D eigenvalue weighted by Crippen LogP contribution is -2.07. The third-order valence-electron chi connectivity index (χ3n) is 0.875. The molecule has 1 heterocycles. The van der Waals surface area contributed by atoms with Crippen LogP contribution in [0.3, 0.4) is 0 Å². The van der Waals surface area contributed by atoms with E-state index in [1.54, 1.807) is 17.4 Å². The topological polar surface area (TPSA) is 54.3 Å². The molecule has 0 fully saturated rings. The highest BCUT2D eigenvalue weighted by atomic mass is 15.2. The summed E-state index contributed by atoms with van der Waals surface area (Å²) in [5.41, 5.74) is 0. The van der Waals surface area contributed by atoms with Gasteiger partial charge in [-0.1, -0.05) is 0 Å². The smallest absolute Gasteiger partial charge is 0.270 e. The number of rotatable bonds is 2. The van der Waals surface area contributed by atoms with E-state index in [1.165, 1.54) is 6.20 Å².